The highest BCUT2D eigenvalue weighted by Crippen LogP contribution is 2.14. The summed E-state index contributed by atoms with van der Waals surface area (Å²) in [5.41, 5.74) is 0.230. The Labute approximate surface area is 84.1 Å². The van der Waals surface area contributed by atoms with Crippen LogP contribution in [0.2, 0.25) is 0 Å². The van der Waals surface area contributed by atoms with E-state index in [0.29, 0.717) is 0 Å². The molecule has 0 fully saturated rings. The van der Waals surface area contributed by atoms with Crippen LogP contribution in [0, 0.1) is 17.2 Å². The van der Waals surface area contributed by atoms with Gasteiger partial charge in [-0.05, 0) is 12.8 Å². The number of nitriles is 1. The molecule has 0 amide bonds. The lowest BCUT2D eigenvalue weighted by Crippen LogP contribution is -2.25. The molecule has 0 aromatic carbocycles. The van der Waals surface area contributed by atoms with Crippen LogP contribution in [0.25, 0.3) is 0 Å². The second kappa shape index (κ2) is 6.03. The van der Waals surface area contributed by atoms with Crippen LogP contribution in [0.5, 0.6) is 0 Å². The van der Waals surface area contributed by atoms with E-state index in [0.717, 1.165) is 0 Å². The summed E-state index contributed by atoms with van der Waals surface area (Å²) in [7, 11) is 0. The molecule has 0 bridgehead atoms. The molecule has 0 aliphatic heterocycles. The van der Waals surface area contributed by atoms with E-state index >= 15 is 0 Å². The van der Waals surface area contributed by atoms with Gasteiger partial charge in [0, 0.05) is 0 Å². The first kappa shape index (κ1) is 12.5. The van der Waals surface area contributed by atoms with Gasteiger partial charge < -0.3 is 9.47 Å². The van der Waals surface area contributed by atoms with E-state index in [-0.39, 0.29) is 18.1 Å². The van der Waals surface area contributed by atoms with Gasteiger partial charge in [-0.1, -0.05) is 20.4 Å². The summed E-state index contributed by atoms with van der Waals surface area (Å²) in [6.45, 7) is 9.13. The maximum Gasteiger partial charge on any atom is 0.508 e. The van der Waals surface area contributed by atoms with Crippen molar-refractivity contribution in [1.29, 1.82) is 5.26 Å². The van der Waals surface area contributed by atoms with Gasteiger partial charge in [-0.2, -0.15) is 5.26 Å². The number of hydrogen-bond acceptors (Lipinski definition) is 4. The Bertz CT molecular complexity index is 253. The molecule has 0 aliphatic carbocycles. The van der Waals surface area contributed by atoms with E-state index in [1.807, 2.05) is 19.9 Å². The quantitative estimate of drug-likeness (QED) is 0.512. The molecular formula is C10H15NO3. The third-order valence-corrected chi connectivity index (χ3v) is 1.58. The molecule has 0 heterocycles. The van der Waals surface area contributed by atoms with Gasteiger partial charge >= 0.3 is 6.16 Å². The first-order valence-corrected chi connectivity index (χ1v) is 4.45. The normalized spacial score (nSPS) is 11.6. The summed E-state index contributed by atoms with van der Waals surface area (Å²) >= 11 is 0. The fraction of sp³-hybridized carbons (Fsp3) is 0.600. The topological polar surface area (TPSA) is 59.3 Å². The van der Waals surface area contributed by atoms with Gasteiger partial charge in [-0.15, -0.1) is 0 Å². The molecule has 0 spiro atoms. The molecule has 4 heteroatoms. The number of carbonyl (C=O) groups excluding carboxylic acids is 1. The van der Waals surface area contributed by atoms with Crippen molar-refractivity contribution >= 4 is 6.16 Å². The van der Waals surface area contributed by atoms with E-state index in [4.69, 9.17) is 10.00 Å². The largest absolute Gasteiger partial charge is 0.508 e. The molecule has 0 N–H and O–H groups in total. The minimum absolute atomic E-state index is 0.00607. The van der Waals surface area contributed by atoms with E-state index < -0.39 is 12.3 Å². The van der Waals surface area contributed by atoms with Gasteiger partial charge in [0.2, 0.25) is 0 Å². The van der Waals surface area contributed by atoms with E-state index in [9.17, 15) is 4.79 Å². The van der Waals surface area contributed by atoms with Gasteiger partial charge in [-0.25, -0.2) is 4.79 Å². The average molecular weight is 197 g/mol. The summed E-state index contributed by atoms with van der Waals surface area (Å²) in [5.74, 6) is 0.00607. The number of rotatable bonds is 4. The van der Waals surface area contributed by atoms with Crippen LogP contribution in [0.1, 0.15) is 20.8 Å². The van der Waals surface area contributed by atoms with E-state index in [1.165, 1.54) is 0 Å². The van der Waals surface area contributed by atoms with Gasteiger partial charge in [0.05, 0.1) is 18.2 Å². The average Bonchev–Trinajstić information content (AvgIpc) is 2.13. The number of ether oxygens (including phenoxy) is 2. The smallest absolute Gasteiger partial charge is 0.435 e. The van der Waals surface area contributed by atoms with Gasteiger partial charge in [0.1, 0.15) is 6.10 Å². The molecule has 0 saturated carbocycles. The minimum Gasteiger partial charge on any atom is -0.435 e. The second-order valence-corrected chi connectivity index (χ2v) is 3.10. The van der Waals surface area contributed by atoms with Crippen LogP contribution in [-0.4, -0.2) is 18.9 Å². The Morgan fingerprint density at radius 3 is 2.50 bits per heavy atom. The highest BCUT2D eigenvalue weighted by atomic mass is 16.7. The maximum atomic E-state index is 11.0. The molecule has 0 radical (unpaired) electrons. The fourth-order valence-electron chi connectivity index (χ4n) is 0.929. The molecular weight excluding hydrogens is 182 g/mol. The molecule has 0 aromatic rings. The lowest BCUT2D eigenvalue weighted by molar-refractivity contribution is 0.0251. The molecule has 0 aliphatic rings. The SMILES string of the molecule is C=C(C#N)C(OC(=O)OCC)C(C)C. The minimum atomic E-state index is -0.761. The highest BCUT2D eigenvalue weighted by Gasteiger charge is 2.22. The Morgan fingerprint density at radius 2 is 2.14 bits per heavy atom. The third kappa shape index (κ3) is 3.94. The molecule has 4 nitrogen and oxygen atoms in total. The summed E-state index contributed by atoms with van der Waals surface area (Å²) in [6, 6.07) is 1.87. The van der Waals surface area contributed by atoms with Crippen molar-refractivity contribution in [2.75, 3.05) is 6.61 Å². The van der Waals surface area contributed by atoms with Crippen molar-refractivity contribution in [3.05, 3.63) is 12.2 Å². The van der Waals surface area contributed by atoms with Crippen molar-refractivity contribution in [3.63, 3.8) is 0 Å². The number of nitrogens with zero attached hydrogens (tertiary/aromatic N) is 1. The molecule has 1 unspecified atom stereocenters. The highest BCUT2D eigenvalue weighted by molar-refractivity contribution is 5.60. The van der Waals surface area contributed by atoms with Crippen LogP contribution in [-0.2, 0) is 9.47 Å². The van der Waals surface area contributed by atoms with Crippen molar-refractivity contribution in [3.8, 4) is 6.07 Å². The van der Waals surface area contributed by atoms with Gasteiger partial charge in [0.25, 0.3) is 0 Å². The summed E-state index contributed by atoms with van der Waals surface area (Å²) in [4.78, 5) is 11.0. The Balaban J connectivity index is 4.32. The van der Waals surface area contributed by atoms with Crippen LogP contribution in [0.4, 0.5) is 4.79 Å². The van der Waals surface area contributed by atoms with Crippen LogP contribution in [0.15, 0.2) is 12.2 Å². The predicted molar refractivity (Wildman–Crippen MR) is 51.5 cm³/mol. The molecule has 1 atom stereocenters. The maximum absolute atomic E-state index is 11.0. The zero-order valence-corrected chi connectivity index (χ0v) is 8.74. The number of carbonyl (C=O) groups is 1. The van der Waals surface area contributed by atoms with Crippen molar-refractivity contribution in [2.45, 2.75) is 26.9 Å². The van der Waals surface area contributed by atoms with Crippen molar-refractivity contribution in [2.24, 2.45) is 5.92 Å². The lowest BCUT2D eigenvalue weighted by atomic mass is 10.0. The zero-order valence-electron chi connectivity index (χ0n) is 8.74. The number of hydrogen-bond donors (Lipinski definition) is 0. The fourth-order valence-corrected chi connectivity index (χ4v) is 0.929. The van der Waals surface area contributed by atoms with Crippen LogP contribution >= 0.6 is 0 Å². The first-order valence-electron chi connectivity index (χ1n) is 4.45. The summed E-state index contributed by atoms with van der Waals surface area (Å²) in [6.07, 6.45) is -1.36. The van der Waals surface area contributed by atoms with E-state index in [2.05, 4.69) is 11.3 Å². The Morgan fingerprint density at radius 1 is 1.57 bits per heavy atom. The molecule has 0 aromatic heterocycles. The molecule has 14 heavy (non-hydrogen) atoms. The van der Waals surface area contributed by atoms with Gasteiger partial charge in [-0.3, -0.25) is 0 Å². The third-order valence-electron chi connectivity index (χ3n) is 1.58. The van der Waals surface area contributed by atoms with Crippen molar-refractivity contribution < 1.29 is 14.3 Å². The summed E-state index contributed by atoms with van der Waals surface area (Å²) < 4.78 is 9.53. The molecule has 78 valence electrons. The monoisotopic (exact) mass is 197 g/mol. The lowest BCUT2D eigenvalue weighted by Gasteiger charge is -2.19. The van der Waals surface area contributed by atoms with E-state index in [1.54, 1.807) is 6.92 Å². The standard InChI is InChI=1S/C10H15NO3/c1-5-13-10(12)14-9(7(2)3)8(4)6-11/h7,9H,4-5H2,1-3H3. The van der Waals surface area contributed by atoms with Crippen LogP contribution < -0.4 is 0 Å². The van der Waals surface area contributed by atoms with Crippen molar-refractivity contribution in [1.82, 2.24) is 0 Å². The van der Waals surface area contributed by atoms with Crippen LogP contribution in [0.3, 0.4) is 0 Å². The molecule has 0 rings (SSSR count). The molecule has 0 saturated heterocycles. The predicted octanol–water partition coefficient (Wildman–Crippen LogP) is 2.26. The Hall–Kier alpha value is -1.50. The first-order chi connectivity index (χ1) is 6.52. The second-order valence-electron chi connectivity index (χ2n) is 3.10. The summed E-state index contributed by atoms with van der Waals surface area (Å²) in [5, 5.41) is 8.62. The van der Waals surface area contributed by atoms with Gasteiger partial charge in [0.15, 0.2) is 0 Å². The Kier molecular flexibility index (Phi) is 5.38. The zero-order chi connectivity index (χ0) is 11.1.